The Morgan fingerprint density at radius 3 is 3.00 bits per heavy atom. The zero-order valence-electron chi connectivity index (χ0n) is 9.85. The van der Waals surface area contributed by atoms with Crippen molar-refractivity contribution in [3.8, 4) is 0 Å². The molecule has 1 heterocycles. The maximum Gasteiger partial charge on any atom is 0.231 e. The highest BCUT2D eigenvalue weighted by Crippen LogP contribution is 2.27. The predicted molar refractivity (Wildman–Crippen MR) is 65.9 cm³/mol. The summed E-state index contributed by atoms with van der Waals surface area (Å²) in [6, 6.07) is 0. The largest absolute Gasteiger partial charge is 0.392 e. The molecule has 5 nitrogen and oxygen atoms in total. The van der Waals surface area contributed by atoms with Crippen LogP contribution in [0.5, 0.6) is 0 Å². The van der Waals surface area contributed by atoms with Gasteiger partial charge in [-0.3, -0.25) is 4.79 Å². The second kappa shape index (κ2) is 5.55. The third kappa shape index (κ3) is 3.01. The fraction of sp³-hybridized carbons (Fsp3) is 0.727. The number of carbonyl (C=O) groups excluding carboxylic acids is 1. The number of aliphatic hydroxyl groups is 1. The Bertz CT molecular complexity index is 394. The lowest BCUT2D eigenvalue weighted by molar-refractivity contribution is -0.122. The Morgan fingerprint density at radius 1 is 1.53 bits per heavy atom. The third-order valence-corrected chi connectivity index (χ3v) is 3.88. The van der Waals surface area contributed by atoms with Crippen molar-refractivity contribution in [3.05, 3.63) is 5.01 Å². The molecule has 1 fully saturated rings. The molecule has 1 aromatic heterocycles. The Labute approximate surface area is 104 Å². The van der Waals surface area contributed by atoms with Gasteiger partial charge in [0.1, 0.15) is 5.01 Å². The first kappa shape index (κ1) is 12.4. The number of nitrogens with one attached hydrogen (secondary N) is 1. The normalized spacial score (nSPS) is 23.9. The van der Waals surface area contributed by atoms with Crippen molar-refractivity contribution in [2.75, 3.05) is 5.32 Å². The van der Waals surface area contributed by atoms with Crippen molar-refractivity contribution in [3.63, 3.8) is 0 Å². The van der Waals surface area contributed by atoms with Crippen LogP contribution in [0.4, 0.5) is 5.13 Å². The molecule has 0 bridgehead atoms. The van der Waals surface area contributed by atoms with Gasteiger partial charge < -0.3 is 10.4 Å². The zero-order chi connectivity index (χ0) is 12.3. The number of amides is 1. The van der Waals surface area contributed by atoms with Gasteiger partial charge in [0.2, 0.25) is 11.0 Å². The minimum atomic E-state index is -0.502. The lowest BCUT2D eigenvalue weighted by Gasteiger charge is -2.12. The minimum absolute atomic E-state index is 0.130. The van der Waals surface area contributed by atoms with Crippen LogP contribution < -0.4 is 5.32 Å². The lowest BCUT2D eigenvalue weighted by atomic mass is 10.1. The summed E-state index contributed by atoms with van der Waals surface area (Å²) in [6.07, 6.45) is 3.79. The second-order valence-electron chi connectivity index (χ2n) is 4.34. The SMILES string of the molecule is CCCc1nnc(NC(=O)C2CCCC2O)s1. The number of nitrogens with zero attached hydrogens (tertiary/aromatic N) is 2. The summed E-state index contributed by atoms with van der Waals surface area (Å²) >= 11 is 1.41. The zero-order valence-corrected chi connectivity index (χ0v) is 10.7. The van der Waals surface area contributed by atoms with Crippen molar-refractivity contribution in [2.45, 2.75) is 45.1 Å². The van der Waals surface area contributed by atoms with Crippen LogP contribution in [0.1, 0.15) is 37.6 Å². The highest BCUT2D eigenvalue weighted by atomic mass is 32.1. The molecule has 0 aliphatic heterocycles. The van der Waals surface area contributed by atoms with Crippen molar-refractivity contribution in [1.29, 1.82) is 0 Å². The molecule has 2 N–H and O–H groups in total. The maximum atomic E-state index is 11.9. The van der Waals surface area contributed by atoms with Crippen LogP contribution in [0, 0.1) is 5.92 Å². The number of hydrogen-bond acceptors (Lipinski definition) is 5. The highest BCUT2D eigenvalue weighted by molar-refractivity contribution is 7.15. The molecule has 1 amide bonds. The van der Waals surface area contributed by atoms with E-state index in [1.54, 1.807) is 0 Å². The average Bonchev–Trinajstić information content (AvgIpc) is 2.88. The molecule has 2 unspecified atom stereocenters. The van der Waals surface area contributed by atoms with E-state index >= 15 is 0 Å². The average molecular weight is 255 g/mol. The Balaban J connectivity index is 1.93. The van der Waals surface area contributed by atoms with Crippen LogP contribution in [-0.2, 0) is 11.2 Å². The molecule has 0 radical (unpaired) electrons. The van der Waals surface area contributed by atoms with E-state index in [-0.39, 0.29) is 11.8 Å². The van der Waals surface area contributed by atoms with Crippen LogP contribution in [0.15, 0.2) is 0 Å². The summed E-state index contributed by atoms with van der Waals surface area (Å²) in [5.41, 5.74) is 0. The van der Waals surface area contributed by atoms with Gasteiger partial charge in [0.25, 0.3) is 0 Å². The van der Waals surface area contributed by atoms with Crippen LogP contribution in [-0.4, -0.2) is 27.3 Å². The Hall–Kier alpha value is -1.01. The molecule has 0 saturated heterocycles. The van der Waals surface area contributed by atoms with Gasteiger partial charge >= 0.3 is 0 Å². The molecule has 1 saturated carbocycles. The minimum Gasteiger partial charge on any atom is -0.392 e. The molecule has 2 rings (SSSR count). The summed E-state index contributed by atoms with van der Waals surface area (Å²) in [6.45, 7) is 2.08. The van der Waals surface area contributed by atoms with Crippen molar-refractivity contribution in [1.82, 2.24) is 10.2 Å². The molecule has 0 spiro atoms. The van der Waals surface area contributed by atoms with Gasteiger partial charge in [-0.2, -0.15) is 0 Å². The molecule has 0 aromatic carbocycles. The molecule has 1 aliphatic carbocycles. The number of rotatable bonds is 4. The Kier molecular flexibility index (Phi) is 4.06. The summed E-state index contributed by atoms with van der Waals surface area (Å²) in [5.74, 6) is -0.414. The third-order valence-electron chi connectivity index (χ3n) is 2.98. The monoisotopic (exact) mass is 255 g/mol. The Morgan fingerprint density at radius 2 is 2.35 bits per heavy atom. The van der Waals surface area contributed by atoms with Crippen LogP contribution in [0.25, 0.3) is 0 Å². The number of aliphatic hydroxyl groups excluding tert-OH is 1. The van der Waals surface area contributed by atoms with E-state index in [1.807, 2.05) is 0 Å². The van der Waals surface area contributed by atoms with E-state index in [0.29, 0.717) is 5.13 Å². The van der Waals surface area contributed by atoms with E-state index in [2.05, 4.69) is 22.4 Å². The first-order valence-electron chi connectivity index (χ1n) is 6.02. The summed E-state index contributed by atoms with van der Waals surface area (Å²) in [7, 11) is 0. The smallest absolute Gasteiger partial charge is 0.231 e. The van der Waals surface area contributed by atoms with Crippen molar-refractivity contribution >= 4 is 22.4 Å². The lowest BCUT2D eigenvalue weighted by Crippen LogP contribution is -2.28. The number of carbonyl (C=O) groups is 1. The fourth-order valence-corrected chi connectivity index (χ4v) is 2.91. The summed E-state index contributed by atoms with van der Waals surface area (Å²) < 4.78 is 0. The van der Waals surface area contributed by atoms with Gasteiger partial charge in [0.15, 0.2) is 0 Å². The number of hydrogen-bond donors (Lipinski definition) is 2. The first-order chi connectivity index (χ1) is 8.20. The quantitative estimate of drug-likeness (QED) is 0.856. The van der Waals surface area contributed by atoms with E-state index in [9.17, 15) is 9.90 Å². The maximum absolute atomic E-state index is 11.9. The molecule has 1 aliphatic rings. The molecule has 1 aromatic rings. The van der Waals surface area contributed by atoms with Crippen molar-refractivity contribution < 1.29 is 9.90 Å². The van der Waals surface area contributed by atoms with E-state index < -0.39 is 6.10 Å². The number of aryl methyl sites for hydroxylation is 1. The second-order valence-corrected chi connectivity index (χ2v) is 5.41. The predicted octanol–water partition coefficient (Wildman–Crippen LogP) is 1.59. The molecule has 2 atom stereocenters. The van der Waals surface area contributed by atoms with Gasteiger partial charge in [-0.05, 0) is 25.7 Å². The van der Waals surface area contributed by atoms with Crippen molar-refractivity contribution in [2.24, 2.45) is 5.92 Å². The van der Waals surface area contributed by atoms with E-state index in [0.717, 1.165) is 37.1 Å². The topological polar surface area (TPSA) is 75.1 Å². The highest BCUT2D eigenvalue weighted by Gasteiger charge is 2.31. The molecule has 6 heteroatoms. The first-order valence-corrected chi connectivity index (χ1v) is 6.83. The van der Waals surface area contributed by atoms with Gasteiger partial charge in [0, 0.05) is 6.42 Å². The fourth-order valence-electron chi connectivity index (χ4n) is 2.06. The summed E-state index contributed by atoms with van der Waals surface area (Å²) in [4.78, 5) is 11.9. The van der Waals surface area contributed by atoms with E-state index in [1.165, 1.54) is 11.3 Å². The summed E-state index contributed by atoms with van der Waals surface area (Å²) in [5, 5.41) is 21.8. The van der Waals surface area contributed by atoms with Crippen LogP contribution in [0.2, 0.25) is 0 Å². The van der Waals surface area contributed by atoms with Gasteiger partial charge in [0.05, 0.1) is 12.0 Å². The van der Waals surface area contributed by atoms with Gasteiger partial charge in [-0.15, -0.1) is 10.2 Å². The standard InChI is InChI=1S/C11H17N3O2S/c1-2-4-9-13-14-11(17-9)12-10(16)7-5-3-6-8(7)15/h7-8,15H,2-6H2,1H3,(H,12,14,16). The van der Waals surface area contributed by atoms with E-state index in [4.69, 9.17) is 0 Å². The van der Waals surface area contributed by atoms with Gasteiger partial charge in [-0.1, -0.05) is 18.3 Å². The number of aromatic nitrogens is 2. The van der Waals surface area contributed by atoms with Crippen LogP contribution >= 0.6 is 11.3 Å². The molecule has 94 valence electrons. The molecular weight excluding hydrogens is 238 g/mol. The van der Waals surface area contributed by atoms with Gasteiger partial charge in [-0.25, -0.2) is 0 Å². The molecular formula is C11H17N3O2S. The number of anilines is 1. The molecule has 17 heavy (non-hydrogen) atoms. The van der Waals surface area contributed by atoms with Crippen LogP contribution in [0.3, 0.4) is 0 Å².